The highest BCUT2D eigenvalue weighted by Crippen LogP contribution is 2.22. The Bertz CT molecular complexity index is 904. The number of amides is 1. The standard InChI is InChI=1S/C14H14F2N6O2/c1-6-4-10(11(15)16)22-13(18-6)9(5-17-22)14(23)19-7(2)12-20-8(3)24-21-12/h4-5,7,11H,1-3H3,(H,19,23). The minimum Gasteiger partial charge on any atom is -0.342 e. The second kappa shape index (κ2) is 5.95. The van der Waals surface area contributed by atoms with Crippen molar-refractivity contribution in [3.63, 3.8) is 0 Å². The van der Waals surface area contributed by atoms with Gasteiger partial charge in [0.15, 0.2) is 11.5 Å². The van der Waals surface area contributed by atoms with E-state index in [1.165, 1.54) is 12.3 Å². The number of halogens is 2. The topological polar surface area (TPSA) is 98.2 Å². The molecule has 1 N–H and O–H groups in total. The second-order valence-electron chi connectivity index (χ2n) is 5.28. The third-order valence-corrected chi connectivity index (χ3v) is 3.37. The van der Waals surface area contributed by atoms with E-state index in [2.05, 4.69) is 25.5 Å². The molecule has 0 saturated carbocycles. The number of nitrogens with zero attached hydrogens (tertiary/aromatic N) is 5. The molecule has 0 aliphatic heterocycles. The van der Waals surface area contributed by atoms with E-state index in [-0.39, 0.29) is 16.9 Å². The number of alkyl halides is 2. The van der Waals surface area contributed by atoms with Crippen LogP contribution in [0.3, 0.4) is 0 Å². The first-order valence-electron chi connectivity index (χ1n) is 7.11. The molecule has 3 heterocycles. The van der Waals surface area contributed by atoms with Gasteiger partial charge in [-0.15, -0.1) is 0 Å². The van der Waals surface area contributed by atoms with Crippen LogP contribution >= 0.6 is 0 Å². The van der Waals surface area contributed by atoms with Crippen LogP contribution in [0.2, 0.25) is 0 Å². The van der Waals surface area contributed by atoms with Gasteiger partial charge in [-0.25, -0.2) is 18.3 Å². The molecule has 0 spiro atoms. The van der Waals surface area contributed by atoms with Gasteiger partial charge < -0.3 is 9.84 Å². The van der Waals surface area contributed by atoms with E-state index >= 15 is 0 Å². The predicted molar refractivity (Wildman–Crippen MR) is 77.6 cm³/mol. The van der Waals surface area contributed by atoms with E-state index in [0.29, 0.717) is 17.4 Å². The monoisotopic (exact) mass is 336 g/mol. The predicted octanol–water partition coefficient (Wildman–Crippen LogP) is 2.16. The number of fused-ring (bicyclic) bond motifs is 1. The molecule has 8 nitrogen and oxygen atoms in total. The highest BCUT2D eigenvalue weighted by Gasteiger charge is 2.22. The van der Waals surface area contributed by atoms with Gasteiger partial charge in [0.25, 0.3) is 12.3 Å². The van der Waals surface area contributed by atoms with Crippen LogP contribution < -0.4 is 5.32 Å². The molecule has 0 bridgehead atoms. The lowest BCUT2D eigenvalue weighted by Crippen LogP contribution is -2.27. The first kappa shape index (κ1) is 16.0. The fourth-order valence-corrected chi connectivity index (χ4v) is 2.26. The second-order valence-corrected chi connectivity index (χ2v) is 5.28. The summed E-state index contributed by atoms with van der Waals surface area (Å²) in [6.07, 6.45) is -1.52. The summed E-state index contributed by atoms with van der Waals surface area (Å²) in [5, 5.41) is 10.2. The quantitative estimate of drug-likeness (QED) is 0.784. The van der Waals surface area contributed by atoms with Crippen molar-refractivity contribution >= 4 is 11.6 Å². The molecule has 0 fully saturated rings. The van der Waals surface area contributed by atoms with Gasteiger partial charge >= 0.3 is 0 Å². The van der Waals surface area contributed by atoms with Crippen LogP contribution in [-0.4, -0.2) is 30.6 Å². The summed E-state index contributed by atoms with van der Waals surface area (Å²) in [6, 6.07) is 0.709. The van der Waals surface area contributed by atoms with Gasteiger partial charge in [0.2, 0.25) is 5.89 Å². The molecule has 0 saturated heterocycles. The van der Waals surface area contributed by atoms with Crippen LogP contribution in [0.25, 0.3) is 5.65 Å². The fourth-order valence-electron chi connectivity index (χ4n) is 2.26. The van der Waals surface area contributed by atoms with Crippen molar-refractivity contribution in [1.29, 1.82) is 0 Å². The molecule has 10 heteroatoms. The maximum absolute atomic E-state index is 13.1. The fraction of sp³-hybridized carbons (Fsp3) is 0.357. The van der Waals surface area contributed by atoms with Crippen LogP contribution in [0, 0.1) is 13.8 Å². The molecule has 0 radical (unpaired) electrons. The van der Waals surface area contributed by atoms with Gasteiger partial charge in [-0.3, -0.25) is 4.79 Å². The van der Waals surface area contributed by atoms with E-state index in [1.807, 2.05) is 0 Å². The van der Waals surface area contributed by atoms with Crippen molar-refractivity contribution in [2.24, 2.45) is 0 Å². The molecule has 1 unspecified atom stereocenters. The molecule has 1 atom stereocenters. The minimum absolute atomic E-state index is 0.0688. The van der Waals surface area contributed by atoms with Crippen molar-refractivity contribution in [1.82, 2.24) is 30.1 Å². The zero-order valence-corrected chi connectivity index (χ0v) is 13.1. The summed E-state index contributed by atoms with van der Waals surface area (Å²) in [5.41, 5.74) is 0.208. The lowest BCUT2D eigenvalue weighted by atomic mass is 10.2. The Kier molecular flexibility index (Phi) is 3.96. The van der Waals surface area contributed by atoms with Crippen LogP contribution in [0.15, 0.2) is 16.8 Å². The average molecular weight is 336 g/mol. The van der Waals surface area contributed by atoms with E-state index in [0.717, 1.165) is 4.52 Å². The van der Waals surface area contributed by atoms with Crippen molar-refractivity contribution in [3.8, 4) is 0 Å². The third kappa shape index (κ3) is 2.82. The Morgan fingerprint density at radius 2 is 2.08 bits per heavy atom. The Morgan fingerprint density at radius 1 is 1.33 bits per heavy atom. The van der Waals surface area contributed by atoms with Gasteiger partial charge in [-0.2, -0.15) is 10.1 Å². The van der Waals surface area contributed by atoms with Crippen LogP contribution in [0.1, 0.15) is 52.9 Å². The van der Waals surface area contributed by atoms with Crippen molar-refractivity contribution in [2.45, 2.75) is 33.2 Å². The summed E-state index contributed by atoms with van der Waals surface area (Å²) >= 11 is 0. The molecule has 0 aromatic carbocycles. The number of nitrogens with one attached hydrogen (secondary N) is 1. The maximum atomic E-state index is 13.1. The van der Waals surface area contributed by atoms with Gasteiger partial charge in [0, 0.05) is 12.6 Å². The lowest BCUT2D eigenvalue weighted by molar-refractivity contribution is 0.0939. The van der Waals surface area contributed by atoms with Crippen molar-refractivity contribution < 1.29 is 18.1 Å². The number of rotatable bonds is 4. The van der Waals surface area contributed by atoms with Crippen molar-refractivity contribution in [2.75, 3.05) is 0 Å². The Morgan fingerprint density at radius 3 is 2.71 bits per heavy atom. The zero-order valence-electron chi connectivity index (χ0n) is 13.1. The molecule has 3 aromatic rings. The number of carbonyl (C=O) groups excluding carboxylic acids is 1. The number of hydrogen-bond acceptors (Lipinski definition) is 6. The molecular weight excluding hydrogens is 322 g/mol. The van der Waals surface area contributed by atoms with Crippen LogP contribution in [0.5, 0.6) is 0 Å². The van der Waals surface area contributed by atoms with Crippen LogP contribution in [0.4, 0.5) is 8.78 Å². The minimum atomic E-state index is -2.73. The highest BCUT2D eigenvalue weighted by molar-refractivity contribution is 5.99. The molecule has 24 heavy (non-hydrogen) atoms. The van der Waals surface area contributed by atoms with Crippen LogP contribution in [-0.2, 0) is 0 Å². The van der Waals surface area contributed by atoms with E-state index in [1.54, 1.807) is 20.8 Å². The third-order valence-electron chi connectivity index (χ3n) is 3.37. The summed E-state index contributed by atoms with van der Waals surface area (Å²) in [7, 11) is 0. The van der Waals surface area contributed by atoms with Gasteiger partial charge in [0.05, 0.1) is 12.2 Å². The Labute approximate surface area is 134 Å². The molecule has 0 aliphatic carbocycles. The molecular formula is C14H14F2N6O2. The molecule has 1 amide bonds. The normalized spacial score (nSPS) is 12.8. The van der Waals surface area contributed by atoms with E-state index in [9.17, 15) is 13.6 Å². The summed E-state index contributed by atoms with van der Waals surface area (Å²) < 4.78 is 32.0. The number of carbonyl (C=O) groups is 1. The van der Waals surface area contributed by atoms with Gasteiger partial charge in [-0.1, -0.05) is 5.16 Å². The summed E-state index contributed by atoms with van der Waals surface area (Å²) in [5.74, 6) is 0.175. The lowest BCUT2D eigenvalue weighted by Gasteiger charge is -2.09. The first-order chi connectivity index (χ1) is 11.4. The Hall–Kier alpha value is -2.91. The number of aryl methyl sites for hydroxylation is 2. The summed E-state index contributed by atoms with van der Waals surface area (Å²) in [4.78, 5) is 20.6. The molecule has 0 aliphatic rings. The summed E-state index contributed by atoms with van der Waals surface area (Å²) in [6.45, 7) is 4.89. The highest BCUT2D eigenvalue weighted by atomic mass is 19.3. The number of aromatic nitrogens is 5. The smallest absolute Gasteiger partial charge is 0.280 e. The van der Waals surface area contributed by atoms with Gasteiger partial charge in [0.1, 0.15) is 11.3 Å². The van der Waals surface area contributed by atoms with Gasteiger partial charge in [-0.05, 0) is 19.9 Å². The zero-order chi connectivity index (χ0) is 17.4. The molecule has 3 aromatic heterocycles. The van der Waals surface area contributed by atoms with E-state index in [4.69, 9.17) is 4.52 Å². The Balaban J connectivity index is 1.93. The molecule has 126 valence electrons. The molecule has 3 rings (SSSR count). The maximum Gasteiger partial charge on any atom is 0.280 e. The van der Waals surface area contributed by atoms with Crippen molar-refractivity contribution in [3.05, 3.63) is 40.9 Å². The first-order valence-corrected chi connectivity index (χ1v) is 7.11. The number of hydrogen-bond donors (Lipinski definition) is 1. The largest absolute Gasteiger partial charge is 0.342 e. The average Bonchev–Trinajstić information content (AvgIpc) is 3.12. The SMILES string of the molecule is Cc1cc(C(F)F)n2ncc(C(=O)NC(C)c3noc(C)n3)c2n1. The van der Waals surface area contributed by atoms with E-state index < -0.39 is 18.4 Å².